The van der Waals surface area contributed by atoms with Crippen LogP contribution in [-0.4, -0.2) is 26.2 Å². The van der Waals surface area contributed by atoms with Crippen molar-refractivity contribution in [3.05, 3.63) is 45.2 Å². The highest BCUT2D eigenvalue weighted by molar-refractivity contribution is 6.31. The van der Waals surface area contributed by atoms with Crippen LogP contribution in [0.5, 0.6) is 0 Å². The molecule has 0 fully saturated rings. The molecule has 0 atom stereocenters. The Hall–Kier alpha value is -2.15. The smallest absolute Gasteiger partial charge is 0.370 e. The zero-order chi connectivity index (χ0) is 14.5. The quantitative estimate of drug-likeness (QED) is 0.654. The summed E-state index contributed by atoms with van der Waals surface area (Å²) in [5, 5.41) is 18.1. The summed E-state index contributed by atoms with van der Waals surface area (Å²) in [5.74, 6) is 0.536. The van der Waals surface area contributed by atoms with Crippen LogP contribution in [0.2, 0.25) is 5.02 Å². The molecule has 0 radical (unpaired) electrons. The van der Waals surface area contributed by atoms with Gasteiger partial charge in [0.15, 0.2) is 0 Å². The van der Waals surface area contributed by atoms with E-state index in [1.807, 2.05) is 0 Å². The molecule has 2 aromatic rings. The van der Waals surface area contributed by atoms with Gasteiger partial charge in [-0.25, -0.2) is 4.98 Å². The minimum Gasteiger partial charge on any atom is -0.370 e. The number of nitrogens with one attached hydrogen (secondary N) is 1. The highest BCUT2D eigenvalue weighted by Crippen LogP contribution is 2.18. The lowest BCUT2D eigenvalue weighted by Gasteiger charge is -2.07. The molecule has 0 amide bonds. The zero-order valence-electron chi connectivity index (χ0n) is 10.9. The first-order valence-corrected chi connectivity index (χ1v) is 6.55. The number of rotatable bonds is 6. The lowest BCUT2D eigenvalue weighted by molar-refractivity contribution is -0.389. The highest BCUT2D eigenvalue weighted by Gasteiger charge is 2.13. The van der Waals surface area contributed by atoms with E-state index in [-0.39, 0.29) is 12.4 Å². The average Bonchev–Trinajstić information content (AvgIpc) is 2.88. The number of aromatic nitrogens is 3. The van der Waals surface area contributed by atoms with Crippen LogP contribution in [0.1, 0.15) is 19.0 Å². The molecule has 0 unspecified atom stereocenters. The SMILES string of the molecule is CCCNc1ccc(Cl)c(Cn2ccc([N+](=O)[O-])n2)n1. The largest absolute Gasteiger partial charge is 0.389 e. The molecule has 0 aliphatic heterocycles. The molecule has 1 N–H and O–H groups in total. The van der Waals surface area contributed by atoms with Gasteiger partial charge in [0, 0.05) is 6.54 Å². The fraction of sp³-hybridized carbons (Fsp3) is 0.333. The molecule has 7 nitrogen and oxygen atoms in total. The van der Waals surface area contributed by atoms with Crippen LogP contribution >= 0.6 is 11.6 Å². The van der Waals surface area contributed by atoms with Crippen molar-refractivity contribution in [2.45, 2.75) is 19.9 Å². The van der Waals surface area contributed by atoms with Gasteiger partial charge in [0.25, 0.3) is 0 Å². The lowest BCUT2D eigenvalue weighted by atomic mass is 10.3. The minimum atomic E-state index is -0.537. The summed E-state index contributed by atoms with van der Waals surface area (Å²) in [4.78, 5) is 14.4. The van der Waals surface area contributed by atoms with Crippen LogP contribution in [0.4, 0.5) is 11.6 Å². The Bertz CT molecular complexity index is 614. The van der Waals surface area contributed by atoms with Gasteiger partial charge >= 0.3 is 5.82 Å². The van der Waals surface area contributed by atoms with Crippen LogP contribution in [0.25, 0.3) is 0 Å². The number of halogens is 1. The minimum absolute atomic E-state index is 0.193. The summed E-state index contributed by atoms with van der Waals surface area (Å²) in [7, 11) is 0. The maximum absolute atomic E-state index is 10.6. The number of hydrogen-bond acceptors (Lipinski definition) is 5. The van der Waals surface area contributed by atoms with Gasteiger partial charge in [-0.3, -0.25) is 0 Å². The molecule has 0 bridgehead atoms. The third kappa shape index (κ3) is 3.45. The topological polar surface area (TPSA) is 85.9 Å². The predicted octanol–water partition coefficient (Wildman–Crippen LogP) is 2.71. The molecule has 0 spiro atoms. The average molecular weight is 296 g/mol. The number of nitro groups is 1. The summed E-state index contributed by atoms with van der Waals surface area (Å²) in [6, 6.07) is 4.89. The Labute approximate surface area is 120 Å². The maximum Gasteiger partial charge on any atom is 0.389 e. The normalized spacial score (nSPS) is 10.5. The van der Waals surface area contributed by atoms with E-state index in [2.05, 4.69) is 22.3 Å². The summed E-state index contributed by atoms with van der Waals surface area (Å²) in [5.41, 5.74) is 0.616. The first kappa shape index (κ1) is 14.3. The Morgan fingerprint density at radius 2 is 2.25 bits per heavy atom. The number of hydrogen-bond donors (Lipinski definition) is 1. The van der Waals surface area contributed by atoms with E-state index in [4.69, 9.17) is 11.6 Å². The van der Waals surface area contributed by atoms with Gasteiger partial charge in [0.1, 0.15) is 12.4 Å². The summed E-state index contributed by atoms with van der Waals surface area (Å²) in [6.07, 6.45) is 2.52. The molecular weight excluding hydrogens is 282 g/mol. The number of pyridine rings is 1. The monoisotopic (exact) mass is 295 g/mol. The summed E-state index contributed by atoms with van der Waals surface area (Å²) in [6.45, 7) is 3.17. The van der Waals surface area contributed by atoms with Crippen molar-refractivity contribution in [3.63, 3.8) is 0 Å². The van der Waals surface area contributed by atoms with E-state index in [1.54, 1.807) is 12.1 Å². The molecule has 0 saturated heterocycles. The van der Waals surface area contributed by atoms with Gasteiger partial charge in [0.2, 0.25) is 0 Å². The fourth-order valence-electron chi connectivity index (χ4n) is 1.64. The number of nitrogens with zero attached hydrogens (tertiary/aromatic N) is 4. The second-order valence-corrected chi connectivity index (χ2v) is 4.59. The van der Waals surface area contributed by atoms with Crippen molar-refractivity contribution < 1.29 is 4.92 Å². The van der Waals surface area contributed by atoms with Gasteiger partial charge in [-0.1, -0.05) is 18.5 Å². The standard InChI is InChI=1S/C12H14ClN5O2/c1-2-6-14-11-4-3-9(13)10(15-11)8-17-7-5-12(16-17)18(19)20/h3-5,7H,2,6,8H2,1H3,(H,14,15). The van der Waals surface area contributed by atoms with Crippen LogP contribution in [0.3, 0.4) is 0 Å². The van der Waals surface area contributed by atoms with Crippen LogP contribution in [0.15, 0.2) is 24.4 Å². The maximum atomic E-state index is 10.6. The van der Waals surface area contributed by atoms with Crippen molar-refractivity contribution in [3.8, 4) is 0 Å². The van der Waals surface area contributed by atoms with Gasteiger partial charge in [0.05, 0.1) is 28.1 Å². The third-order valence-corrected chi connectivity index (χ3v) is 2.94. The van der Waals surface area contributed by atoms with E-state index < -0.39 is 4.92 Å². The first-order chi connectivity index (χ1) is 9.60. The zero-order valence-corrected chi connectivity index (χ0v) is 11.7. The Morgan fingerprint density at radius 3 is 2.90 bits per heavy atom. The van der Waals surface area contributed by atoms with Crippen molar-refractivity contribution in [2.24, 2.45) is 0 Å². The molecule has 0 aromatic carbocycles. The predicted molar refractivity (Wildman–Crippen MR) is 76.0 cm³/mol. The van der Waals surface area contributed by atoms with Crippen molar-refractivity contribution >= 4 is 23.2 Å². The molecule has 0 saturated carbocycles. The second-order valence-electron chi connectivity index (χ2n) is 4.18. The third-order valence-electron chi connectivity index (χ3n) is 2.60. The number of anilines is 1. The van der Waals surface area contributed by atoms with Crippen molar-refractivity contribution in [1.29, 1.82) is 0 Å². The van der Waals surface area contributed by atoms with Gasteiger partial charge in [-0.05, 0) is 23.5 Å². The molecule has 0 aliphatic rings. The van der Waals surface area contributed by atoms with E-state index >= 15 is 0 Å². The van der Waals surface area contributed by atoms with Gasteiger partial charge in [-0.2, -0.15) is 4.68 Å². The van der Waals surface area contributed by atoms with Gasteiger partial charge in [-0.15, -0.1) is 0 Å². The molecule has 2 aromatic heterocycles. The molecule has 20 heavy (non-hydrogen) atoms. The summed E-state index contributed by atoms with van der Waals surface area (Å²) < 4.78 is 1.44. The highest BCUT2D eigenvalue weighted by atomic mass is 35.5. The molecule has 8 heteroatoms. The molecular formula is C12H14ClN5O2. The van der Waals surface area contributed by atoms with E-state index in [0.29, 0.717) is 10.7 Å². The van der Waals surface area contributed by atoms with Crippen molar-refractivity contribution in [1.82, 2.24) is 14.8 Å². The fourth-order valence-corrected chi connectivity index (χ4v) is 1.80. The van der Waals surface area contributed by atoms with E-state index in [1.165, 1.54) is 16.9 Å². The molecule has 0 aliphatic carbocycles. The Balaban J connectivity index is 2.16. The van der Waals surface area contributed by atoms with Gasteiger partial charge < -0.3 is 15.4 Å². The molecule has 106 valence electrons. The second kappa shape index (κ2) is 6.33. The Kier molecular flexibility index (Phi) is 4.52. The van der Waals surface area contributed by atoms with Crippen LogP contribution in [0, 0.1) is 10.1 Å². The lowest BCUT2D eigenvalue weighted by Crippen LogP contribution is -2.07. The Morgan fingerprint density at radius 1 is 1.45 bits per heavy atom. The first-order valence-electron chi connectivity index (χ1n) is 6.17. The van der Waals surface area contributed by atoms with E-state index in [9.17, 15) is 10.1 Å². The van der Waals surface area contributed by atoms with Crippen LogP contribution < -0.4 is 5.32 Å². The molecule has 2 heterocycles. The summed E-state index contributed by atoms with van der Waals surface area (Å²) >= 11 is 6.08. The molecule has 2 rings (SSSR count). The van der Waals surface area contributed by atoms with Crippen LogP contribution in [-0.2, 0) is 6.54 Å². The van der Waals surface area contributed by atoms with Crippen molar-refractivity contribution in [2.75, 3.05) is 11.9 Å². The van der Waals surface area contributed by atoms with E-state index in [0.717, 1.165) is 18.8 Å².